The highest BCUT2D eigenvalue weighted by Gasteiger charge is 2.14. The Morgan fingerprint density at radius 3 is 2.30 bits per heavy atom. The van der Waals surface area contributed by atoms with Crippen LogP contribution in [0.1, 0.15) is 21.5 Å². The summed E-state index contributed by atoms with van der Waals surface area (Å²) in [6, 6.07) is 7.98. The van der Waals surface area contributed by atoms with Crippen molar-refractivity contribution in [2.75, 3.05) is 26.6 Å². The number of ether oxygens (including phenoxy) is 3. The van der Waals surface area contributed by atoms with Crippen LogP contribution in [0.5, 0.6) is 17.2 Å². The molecular weight excluding hydrogens is 350 g/mol. The average molecular weight is 371 g/mol. The lowest BCUT2D eigenvalue weighted by Gasteiger charge is -2.14. The van der Waals surface area contributed by atoms with Gasteiger partial charge < -0.3 is 24.6 Å². The Hall–Kier alpha value is -3.48. The molecule has 2 rings (SSSR count). The quantitative estimate of drug-likeness (QED) is 0.725. The number of aromatic carboxylic acids is 1. The summed E-state index contributed by atoms with van der Waals surface area (Å²) in [4.78, 5) is 23.3. The highest BCUT2D eigenvalue weighted by atomic mass is 16.5. The third-order valence-electron chi connectivity index (χ3n) is 3.89. The van der Waals surface area contributed by atoms with Crippen molar-refractivity contribution in [1.82, 2.24) is 0 Å². The Morgan fingerprint density at radius 1 is 1.00 bits per heavy atom. The maximum absolute atomic E-state index is 12.3. The minimum absolute atomic E-state index is 0.0986. The molecule has 0 spiro atoms. The summed E-state index contributed by atoms with van der Waals surface area (Å²) in [5, 5.41) is 11.8. The van der Waals surface area contributed by atoms with Gasteiger partial charge in [0, 0.05) is 17.3 Å². The molecule has 0 atom stereocenters. The Bertz CT molecular complexity index is 888. The van der Waals surface area contributed by atoms with Crippen LogP contribution in [-0.4, -0.2) is 38.3 Å². The predicted molar refractivity (Wildman–Crippen MR) is 102 cm³/mol. The molecule has 7 nitrogen and oxygen atoms in total. The van der Waals surface area contributed by atoms with Gasteiger partial charge in [0.1, 0.15) is 0 Å². The van der Waals surface area contributed by atoms with E-state index < -0.39 is 11.9 Å². The first-order chi connectivity index (χ1) is 12.9. The van der Waals surface area contributed by atoms with Crippen molar-refractivity contribution in [3.63, 3.8) is 0 Å². The van der Waals surface area contributed by atoms with E-state index in [0.29, 0.717) is 28.5 Å². The lowest BCUT2D eigenvalue weighted by molar-refractivity contribution is -0.111. The van der Waals surface area contributed by atoms with Crippen LogP contribution in [0.4, 0.5) is 5.69 Å². The van der Waals surface area contributed by atoms with Gasteiger partial charge in [-0.15, -0.1) is 0 Å². The third kappa shape index (κ3) is 4.58. The molecule has 2 aromatic rings. The van der Waals surface area contributed by atoms with Crippen LogP contribution in [0.3, 0.4) is 0 Å². The monoisotopic (exact) mass is 371 g/mol. The summed E-state index contributed by atoms with van der Waals surface area (Å²) in [7, 11) is 4.52. The van der Waals surface area contributed by atoms with Crippen molar-refractivity contribution in [3.05, 3.63) is 53.1 Å². The van der Waals surface area contributed by atoms with E-state index >= 15 is 0 Å². The van der Waals surface area contributed by atoms with Crippen LogP contribution in [0.2, 0.25) is 0 Å². The second-order valence-corrected chi connectivity index (χ2v) is 5.58. The molecule has 1 amide bonds. The number of anilines is 1. The summed E-state index contributed by atoms with van der Waals surface area (Å²) >= 11 is 0. The summed E-state index contributed by atoms with van der Waals surface area (Å²) in [6.45, 7) is 1.78. The van der Waals surface area contributed by atoms with Gasteiger partial charge in [-0.05, 0) is 42.8 Å². The van der Waals surface area contributed by atoms with Crippen LogP contribution in [0.15, 0.2) is 36.4 Å². The molecule has 142 valence electrons. The highest BCUT2D eigenvalue weighted by molar-refractivity contribution is 6.03. The lowest BCUT2D eigenvalue weighted by atomic mass is 10.1. The summed E-state index contributed by atoms with van der Waals surface area (Å²) in [5.41, 5.74) is 1.91. The van der Waals surface area contributed by atoms with E-state index in [4.69, 9.17) is 19.3 Å². The van der Waals surface area contributed by atoms with Crippen molar-refractivity contribution < 1.29 is 28.9 Å². The molecule has 0 aliphatic rings. The average Bonchev–Trinajstić information content (AvgIpc) is 2.66. The van der Waals surface area contributed by atoms with Gasteiger partial charge in [-0.25, -0.2) is 4.79 Å². The Kier molecular flexibility index (Phi) is 6.43. The molecule has 2 aromatic carbocycles. The molecule has 0 radical (unpaired) electrons. The number of carbonyl (C=O) groups excluding carboxylic acids is 1. The van der Waals surface area contributed by atoms with Gasteiger partial charge in [-0.2, -0.15) is 0 Å². The lowest BCUT2D eigenvalue weighted by Crippen LogP contribution is -2.10. The van der Waals surface area contributed by atoms with Crippen molar-refractivity contribution in [3.8, 4) is 17.2 Å². The molecule has 0 aliphatic heterocycles. The fourth-order valence-electron chi connectivity index (χ4n) is 2.49. The second kappa shape index (κ2) is 8.75. The van der Waals surface area contributed by atoms with E-state index in [1.807, 2.05) is 0 Å². The highest BCUT2D eigenvalue weighted by Crippen LogP contribution is 2.40. The zero-order valence-electron chi connectivity index (χ0n) is 15.5. The molecule has 0 fully saturated rings. The van der Waals surface area contributed by atoms with Gasteiger partial charge in [0.05, 0.1) is 26.9 Å². The Balaban J connectivity index is 2.25. The second-order valence-electron chi connectivity index (χ2n) is 5.58. The maximum atomic E-state index is 12.3. The summed E-state index contributed by atoms with van der Waals surface area (Å²) < 4.78 is 15.9. The minimum atomic E-state index is -1.06. The van der Waals surface area contributed by atoms with Gasteiger partial charge in [-0.3, -0.25) is 4.79 Å². The number of carboxylic acids is 1. The standard InChI is InChI=1S/C20H21NO6/c1-12-5-6-14(20(23)24)11-15(12)21-17(22)10-8-13-7-9-16(25-2)19(27-4)18(13)26-3/h5-11H,1-4H3,(H,21,22)(H,23,24). The van der Waals surface area contributed by atoms with Gasteiger partial charge in [-0.1, -0.05) is 6.07 Å². The first-order valence-corrected chi connectivity index (χ1v) is 8.03. The van der Waals surface area contributed by atoms with Crippen molar-refractivity contribution in [2.24, 2.45) is 0 Å². The number of benzene rings is 2. The fourth-order valence-corrected chi connectivity index (χ4v) is 2.49. The van der Waals surface area contributed by atoms with E-state index in [1.54, 1.807) is 31.2 Å². The van der Waals surface area contributed by atoms with Crippen LogP contribution >= 0.6 is 0 Å². The molecule has 0 unspecified atom stereocenters. The van der Waals surface area contributed by atoms with E-state index in [1.165, 1.54) is 39.5 Å². The van der Waals surface area contributed by atoms with Gasteiger partial charge in [0.2, 0.25) is 11.7 Å². The van der Waals surface area contributed by atoms with Crippen LogP contribution in [0, 0.1) is 6.92 Å². The topological polar surface area (TPSA) is 94.1 Å². The van der Waals surface area contributed by atoms with Crippen LogP contribution < -0.4 is 19.5 Å². The summed E-state index contributed by atoms with van der Waals surface area (Å²) in [5.74, 6) is -0.0943. The maximum Gasteiger partial charge on any atom is 0.335 e. The number of nitrogens with one attached hydrogen (secondary N) is 1. The number of amides is 1. The number of methoxy groups -OCH3 is 3. The van der Waals surface area contributed by atoms with Crippen molar-refractivity contribution in [2.45, 2.75) is 6.92 Å². The van der Waals surface area contributed by atoms with Gasteiger partial charge in [0.25, 0.3) is 0 Å². The largest absolute Gasteiger partial charge is 0.493 e. The smallest absolute Gasteiger partial charge is 0.335 e. The van der Waals surface area contributed by atoms with E-state index in [-0.39, 0.29) is 5.56 Å². The first kappa shape index (κ1) is 19.8. The van der Waals surface area contributed by atoms with E-state index in [0.717, 1.165) is 5.56 Å². The van der Waals surface area contributed by atoms with Gasteiger partial charge in [0.15, 0.2) is 11.5 Å². The molecule has 0 aliphatic carbocycles. The molecule has 7 heteroatoms. The number of rotatable bonds is 7. The minimum Gasteiger partial charge on any atom is -0.493 e. The number of carbonyl (C=O) groups is 2. The molecule has 2 N–H and O–H groups in total. The van der Waals surface area contributed by atoms with E-state index in [9.17, 15) is 9.59 Å². The van der Waals surface area contributed by atoms with Crippen LogP contribution in [-0.2, 0) is 4.79 Å². The molecule has 0 saturated carbocycles. The summed E-state index contributed by atoms with van der Waals surface area (Å²) in [6.07, 6.45) is 2.91. The molecule has 0 bridgehead atoms. The first-order valence-electron chi connectivity index (χ1n) is 8.03. The zero-order valence-corrected chi connectivity index (χ0v) is 15.5. The normalized spacial score (nSPS) is 10.5. The van der Waals surface area contributed by atoms with Crippen molar-refractivity contribution >= 4 is 23.6 Å². The molecule has 0 saturated heterocycles. The molecular formula is C20H21NO6. The molecule has 0 aromatic heterocycles. The zero-order chi connectivity index (χ0) is 20.0. The van der Waals surface area contributed by atoms with Gasteiger partial charge >= 0.3 is 5.97 Å². The Morgan fingerprint density at radius 2 is 1.70 bits per heavy atom. The number of hydrogen-bond donors (Lipinski definition) is 2. The number of aryl methyl sites for hydroxylation is 1. The molecule has 0 heterocycles. The van der Waals surface area contributed by atoms with Crippen molar-refractivity contribution in [1.29, 1.82) is 0 Å². The SMILES string of the molecule is COc1ccc(C=CC(=O)Nc2cc(C(=O)O)ccc2C)c(OC)c1OC. The van der Waals surface area contributed by atoms with Crippen LogP contribution in [0.25, 0.3) is 6.08 Å². The predicted octanol–water partition coefficient (Wildman–Crippen LogP) is 3.37. The van der Waals surface area contributed by atoms with E-state index in [2.05, 4.69) is 5.32 Å². The number of carboxylic acid groups (broad SMARTS) is 1. The third-order valence-corrected chi connectivity index (χ3v) is 3.89. The molecule has 27 heavy (non-hydrogen) atoms. The Labute approximate surface area is 157 Å². The number of hydrogen-bond acceptors (Lipinski definition) is 5. The fraction of sp³-hybridized carbons (Fsp3) is 0.200.